The van der Waals surface area contributed by atoms with Crippen LogP contribution in [0, 0.1) is 24.7 Å². The SMILES string of the molecule is C#Cc1cc(C(=C)Nc2ccc(C)c(C(=N)C(/C=C\C)=C/C)c2)ns1. The highest BCUT2D eigenvalue weighted by Crippen LogP contribution is 2.23. The third-order valence-electron chi connectivity index (χ3n) is 3.71. The Morgan fingerprint density at radius 1 is 1.36 bits per heavy atom. The van der Waals surface area contributed by atoms with Crippen molar-refractivity contribution >= 4 is 28.6 Å². The zero-order chi connectivity index (χ0) is 18.4. The maximum Gasteiger partial charge on any atom is 0.101 e. The van der Waals surface area contributed by atoms with E-state index in [1.54, 1.807) is 0 Å². The molecule has 25 heavy (non-hydrogen) atoms. The minimum absolute atomic E-state index is 0.496. The normalized spacial score (nSPS) is 11.4. The van der Waals surface area contributed by atoms with Crippen LogP contribution in [0.4, 0.5) is 5.69 Å². The lowest BCUT2D eigenvalue weighted by molar-refractivity contribution is 1.37. The Morgan fingerprint density at radius 3 is 2.72 bits per heavy atom. The highest BCUT2D eigenvalue weighted by Gasteiger charge is 2.11. The number of allylic oxidation sites excluding steroid dienone is 4. The van der Waals surface area contributed by atoms with Crippen molar-refractivity contribution in [2.45, 2.75) is 20.8 Å². The van der Waals surface area contributed by atoms with Gasteiger partial charge >= 0.3 is 0 Å². The maximum atomic E-state index is 8.50. The van der Waals surface area contributed by atoms with Crippen molar-refractivity contribution in [3.05, 3.63) is 76.3 Å². The number of benzene rings is 1. The summed E-state index contributed by atoms with van der Waals surface area (Å²) in [6.45, 7) is 9.93. The van der Waals surface area contributed by atoms with Gasteiger partial charge in [0.2, 0.25) is 0 Å². The molecule has 0 fully saturated rings. The summed E-state index contributed by atoms with van der Waals surface area (Å²) in [4.78, 5) is 0.772. The summed E-state index contributed by atoms with van der Waals surface area (Å²) in [5, 5.41) is 11.8. The third-order valence-corrected chi connectivity index (χ3v) is 4.43. The highest BCUT2D eigenvalue weighted by molar-refractivity contribution is 7.06. The van der Waals surface area contributed by atoms with Crippen molar-refractivity contribution < 1.29 is 0 Å². The van der Waals surface area contributed by atoms with Gasteiger partial charge in [0.15, 0.2) is 0 Å². The fourth-order valence-electron chi connectivity index (χ4n) is 2.35. The van der Waals surface area contributed by atoms with Crippen molar-refractivity contribution in [3.8, 4) is 12.3 Å². The van der Waals surface area contributed by atoms with Gasteiger partial charge in [-0.3, -0.25) is 5.41 Å². The van der Waals surface area contributed by atoms with E-state index in [4.69, 9.17) is 11.8 Å². The highest BCUT2D eigenvalue weighted by atomic mass is 32.1. The number of terminal acetylenes is 1. The molecule has 0 unspecified atom stereocenters. The fraction of sp³-hybridized carbons (Fsp3) is 0.143. The summed E-state index contributed by atoms with van der Waals surface area (Å²) >= 11 is 1.28. The fourth-order valence-corrected chi connectivity index (χ4v) is 2.93. The minimum Gasteiger partial charge on any atom is -0.354 e. The molecule has 3 nitrogen and oxygen atoms in total. The molecule has 126 valence electrons. The predicted octanol–water partition coefficient (Wildman–Crippen LogP) is 5.41. The van der Waals surface area contributed by atoms with Crippen molar-refractivity contribution in [1.82, 2.24) is 4.37 Å². The predicted molar refractivity (Wildman–Crippen MR) is 109 cm³/mol. The molecule has 0 atom stereocenters. The zero-order valence-electron chi connectivity index (χ0n) is 14.7. The monoisotopic (exact) mass is 347 g/mol. The Morgan fingerprint density at radius 2 is 2.12 bits per heavy atom. The second kappa shape index (κ2) is 8.27. The Balaban J connectivity index is 2.28. The maximum absolute atomic E-state index is 8.50. The lowest BCUT2D eigenvalue weighted by Gasteiger charge is -2.13. The molecule has 4 heteroatoms. The van der Waals surface area contributed by atoms with Crippen LogP contribution in [0.2, 0.25) is 0 Å². The summed E-state index contributed by atoms with van der Waals surface area (Å²) in [5.74, 6) is 2.57. The molecule has 0 saturated heterocycles. The van der Waals surface area contributed by atoms with E-state index in [9.17, 15) is 0 Å². The van der Waals surface area contributed by atoms with Gasteiger partial charge in [0.1, 0.15) is 5.69 Å². The molecular formula is C21H21N3S. The van der Waals surface area contributed by atoms with Crippen molar-refractivity contribution in [3.63, 3.8) is 0 Å². The first kappa shape index (κ1) is 18.4. The van der Waals surface area contributed by atoms with Gasteiger partial charge in [0.25, 0.3) is 0 Å². The van der Waals surface area contributed by atoms with Crippen molar-refractivity contribution in [2.75, 3.05) is 5.32 Å². The molecule has 1 aromatic heterocycles. The number of nitrogens with zero attached hydrogens (tertiary/aromatic N) is 1. The number of nitrogens with one attached hydrogen (secondary N) is 2. The van der Waals surface area contributed by atoms with Crippen molar-refractivity contribution in [2.24, 2.45) is 0 Å². The van der Waals surface area contributed by atoms with Crippen LogP contribution in [-0.4, -0.2) is 10.1 Å². The lowest BCUT2D eigenvalue weighted by atomic mass is 9.97. The van der Waals surface area contributed by atoms with Gasteiger partial charge in [-0.05, 0) is 61.6 Å². The van der Waals surface area contributed by atoms with Gasteiger partial charge in [-0.15, -0.1) is 6.42 Å². The summed E-state index contributed by atoms with van der Waals surface area (Å²) in [7, 11) is 0. The minimum atomic E-state index is 0.496. The first-order valence-corrected chi connectivity index (χ1v) is 8.66. The van der Waals surface area contributed by atoms with Crippen LogP contribution in [0.15, 0.2) is 54.6 Å². The molecule has 0 saturated carbocycles. The van der Waals surface area contributed by atoms with Crippen LogP contribution in [-0.2, 0) is 0 Å². The number of hydrogen-bond donors (Lipinski definition) is 2. The number of rotatable bonds is 6. The molecule has 0 spiro atoms. The van der Waals surface area contributed by atoms with Crippen LogP contribution >= 0.6 is 11.5 Å². The van der Waals surface area contributed by atoms with E-state index in [1.807, 2.05) is 63.3 Å². The second-order valence-electron chi connectivity index (χ2n) is 5.47. The van der Waals surface area contributed by atoms with Gasteiger partial charge in [0, 0.05) is 11.3 Å². The molecule has 0 amide bonds. The Bertz CT molecular complexity index is 907. The summed E-state index contributed by atoms with van der Waals surface area (Å²) in [6, 6.07) is 7.76. The van der Waals surface area contributed by atoms with E-state index in [0.29, 0.717) is 11.4 Å². The zero-order valence-corrected chi connectivity index (χ0v) is 15.5. The van der Waals surface area contributed by atoms with Gasteiger partial charge in [-0.25, -0.2) is 0 Å². The van der Waals surface area contributed by atoms with Gasteiger partial charge in [-0.2, -0.15) is 4.37 Å². The summed E-state index contributed by atoms with van der Waals surface area (Å²) in [5.41, 5.74) is 5.59. The topological polar surface area (TPSA) is 48.8 Å². The number of aryl methyl sites for hydroxylation is 1. The quantitative estimate of drug-likeness (QED) is 0.417. The van der Waals surface area contributed by atoms with Crippen molar-refractivity contribution in [1.29, 1.82) is 5.41 Å². The molecule has 0 radical (unpaired) electrons. The third kappa shape index (κ3) is 4.34. The van der Waals surface area contributed by atoms with Gasteiger partial charge < -0.3 is 5.32 Å². The average molecular weight is 347 g/mol. The Labute approximate surface area is 153 Å². The number of hydrogen-bond acceptors (Lipinski definition) is 4. The van der Waals surface area contributed by atoms with Crippen LogP contribution in [0.5, 0.6) is 0 Å². The smallest absolute Gasteiger partial charge is 0.101 e. The first-order valence-electron chi connectivity index (χ1n) is 7.88. The number of aromatic nitrogens is 1. The molecule has 2 N–H and O–H groups in total. The van der Waals surface area contributed by atoms with E-state index < -0.39 is 0 Å². The van der Waals surface area contributed by atoms with Crippen LogP contribution in [0.1, 0.15) is 35.5 Å². The first-order chi connectivity index (χ1) is 12.0. The Hall–Kier alpha value is -2.90. The largest absolute Gasteiger partial charge is 0.354 e. The van der Waals surface area contributed by atoms with Crippen LogP contribution in [0.3, 0.4) is 0 Å². The van der Waals surface area contributed by atoms with Crippen LogP contribution < -0.4 is 5.32 Å². The molecule has 1 aromatic carbocycles. The summed E-state index contributed by atoms with van der Waals surface area (Å²) in [6.07, 6.45) is 11.2. The van der Waals surface area contributed by atoms with E-state index in [2.05, 4.69) is 22.2 Å². The molecule has 2 rings (SSSR count). The second-order valence-corrected chi connectivity index (χ2v) is 6.28. The molecule has 0 aliphatic carbocycles. The lowest BCUT2D eigenvalue weighted by Crippen LogP contribution is -2.06. The molecule has 0 bridgehead atoms. The molecule has 1 heterocycles. The van der Waals surface area contributed by atoms with Gasteiger partial charge in [0.05, 0.1) is 16.3 Å². The molecule has 0 aliphatic heterocycles. The molecule has 0 aliphatic rings. The van der Waals surface area contributed by atoms with Gasteiger partial charge in [-0.1, -0.05) is 36.8 Å². The average Bonchev–Trinajstić information content (AvgIpc) is 3.10. The Kier molecular flexibility index (Phi) is 6.10. The van der Waals surface area contributed by atoms with E-state index >= 15 is 0 Å². The van der Waals surface area contributed by atoms with Crippen LogP contribution in [0.25, 0.3) is 5.70 Å². The standard InChI is InChI=1S/C21H21N3S/c1-6-9-16(7-2)21(22)19-12-17(11-10-14(19)4)23-15(5)20-13-18(8-3)25-24-20/h3,6-7,9-13,22-23H,5H2,1-2,4H3/b9-6-,16-7+,22-21?. The van der Waals surface area contributed by atoms with E-state index in [0.717, 1.165) is 33.0 Å². The number of anilines is 1. The molecule has 2 aromatic rings. The molecular weight excluding hydrogens is 326 g/mol. The summed E-state index contributed by atoms with van der Waals surface area (Å²) < 4.78 is 4.30. The van der Waals surface area contributed by atoms with E-state index in [-0.39, 0.29) is 0 Å². The van der Waals surface area contributed by atoms with E-state index in [1.165, 1.54) is 11.5 Å².